The van der Waals surface area contributed by atoms with Crippen molar-refractivity contribution in [2.24, 2.45) is 5.41 Å². The van der Waals surface area contributed by atoms with E-state index in [1.54, 1.807) is 11.3 Å². The fraction of sp³-hybridized carbons (Fsp3) is 0.455. The van der Waals surface area contributed by atoms with Crippen LogP contribution >= 0.6 is 11.3 Å². The van der Waals surface area contributed by atoms with Crippen molar-refractivity contribution in [3.05, 3.63) is 22.4 Å². The van der Waals surface area contributed by atoms with Crippen LogP contribution in [0.1, 0.15) is 18.4 Å². The summed E-state index contributed by atoms with van der Waals surface area (Å²) >= 11 is 1.61. The van der Waals surface area contributed by atoms with Crippen molar-refractivity contribution in [2.45, 2.75) is 19.3 Å². The van der Waals surface area contributed by atoms with Crippen molar-refractivity contribution in [3.8, 4) is 0 Å². The maximum Gasteiger partial charge on any atom is 0.319 e. The smallest absolute Gasteiger partial charge is 0.319 e. The van der Waals surface area contributed by atoms with Crippen molar-refractivity contribution < 1.29 is 14.7 Å². The zero-order valence-electron chi connectivity index (χ0n) is 8.73. The number of rotatable bonds is 5. The molecule has 2 N–H and O–H groups in total. The Morgan fingerprint density at radius 3 is 2.75 bits per heavy atom. The Labute approximate surface area is 97.3 Å². The second-order valence-corrected chi connectivity index (χ2v) is 4.80. The number of carboxylic acids is 1. The topological polar surface area (TPSA) is 66.4 Å². The molecule has 1 aliphatic carbocycles. The lowest BCUT2D eigenvalue weighted by Gasteiger charge is -2.09. The fourth-order valence-electron chi connectivity index (χ4n) is 1.59. The summed E-state index contributed by atoms with van der Waals surface area (Å²) in [5.74, 6) is -1.34. The minimum absolute atomic E-state index is 0.338. The number of thiophene rings is 1. The van der Waals surface area contributed by atoms with Crippen LogP contribution in [0.15, 0.2) is 16.8 Å². The third-order valence-corrected chi connectivity index (χ3v) is 3.61. The first-order valence-electron chi connectivity index (χ1n) is 5.18. The molecule has 86 valence electrons. The Kier molecular flexibility index (Phi) is 2.96. The molecule has 1 heterocycles. The Hall–Kier alpha value is -1.36. The molecule has 0 atom stereocenters. The molecule has 16 heavy (non-hydrogen) atoms. The quantitative estimate of drug-likeness (QED) is 0.760. The predicted molar refractivity (Wildman–Crippen MR) is 60.3 cm³/mol. The van der Waals surface area contributed by atoms with Gasteiger partial charge in [-0.1, -0.05) is 0 Å². The predicted octanol–water partition coefficient (Wildman–Crippen LogP) is 1.27. The number of hydrogen-bond donors (Lipinski definition) is 2. The number of carboxylic acid groups (broad SMARTS) is 1. The van der Waals surface area contributed by atoms with E-state index in [2.05, 4.69) is 5.32 Å². The third-order valence-electron chi connectivity index (χ3n) is 2.87. The number of aliphatic carboxylic acids is 1. The van der Waals surface area contributed by atoms with Crippen LogP contribution in [0.2, 0.25) is 0 Å². The van der Waals surface area contributed by atoms with E-state index in [1.807, 2.05) is 16.8 Å². The monoisotopic (exact) mass is 239 g/mol. The Morgan fingerprint density at radius 1 is 1.50 bits per heavy atom. The molecule has 1 fully saturated rings. The van der Waals surface area contributed by atoms with Gasteiger partial charge in [-0.2, -0.15) is 11.3 Å². The second-order valence-electron chi connectivity index (χ2n) is 4.02. The lowest BCUT2D eigenvalue weighted by molar-refractivity contribution is -0.149. The highest BCUT2D eigenvalue weighted by molar-refractivity contribution is 7.07. The Morgan fingerprint density at radius 2 is 2.25 bits per heavy atom. The first-order valence-corrected chi connectivity index (χ1v) is 6.12. The third kappa shape index (κ3) is 2.09. The molecule has 5 heteroatoms. The lowest BCUT2D eigenvalue weighted by atomic mass is 10.1. The van der Waals surface area contributed by atoms with Gasteiger partial charge >= 0.3 is 5.97 Å². The summed E-state index contributed by atoms with van der Waals surface area (Å²) in [6, 6.07) is 2.00. The van der Waals surface area contributed by atoms with E-state index in [-0.39, 0.29) is 5.91 Å². The van der Waals surface area contributed by atoms with E-state index >= 15 is 0 Å². The van der Waals surface area contributed by atoms with E-state index in [1.165, 1.54) is 5.56 Å². The molecule has 1 aromatic heterocycles. The summed E-state index contributed by atoms with van der Waals surface area (Å²) in [5.41, 5.74) is 0.0553. The number of nitrogens with one attached hydrogen (secondary N) is 1. The highest BCUT2D eigenvalue weighted by Crippen LogP contribution is 2.45. The average Bonchev–Trinajstić information content (AvgIpc) is 2.92. The SMILES string of the molecule is O=C(O)C1(C(=O)NCCc2ccsc2)CC1. The van der Waals surface area contributed by atoms with E-state index in [0.717, 1.165) is 6.42 Å². The van der Waals surface area contributed by atoms with Crippen molar-refractivity contribution in [1.82, 2.24) is 5.32 Å². The Balaban J connectivity index is 1.79. The number of amides is 1. The lowest BCUT2D eigenvalue weighted by Crippen LogP contribution is -2.37. The Bertz CT molecular complexity index is 395. The minimum Gasteiger partial charge on any atom is -0.480 e. The van der Waals surface area contributed by atoms with Gasteiger partial charge in [-0.15, -0.1) is 0 Å². The molecular formula is C11H13NO3S. The van der Waals surface area contributed by atoms with Gasteiger partial charge in [-0.3, -0.25) is 9.59 Å². The van der Waals surface area contributed by atoms with Gasteiger partial charge in [0, 0.05) is 6.54 Å². The zero-order valence-corrected chi connectivity index (χ0v) is 9.55. The fourth-order valence-corrected chi connectivity index (χ4v) is 2.29. The van der Waals surface area contributed by atoms with Gasteiger partial charge in [0.05, 0.1) is 0 Å². The summed E-state index contributed by atoms with van der Waals surface area (Å²) in [4.78, 5) is 22.5. The summed E-state index contributed by atoms with van der Waals surface area (Å²) in [6.45, 7) is 0.505. The van der Waals surface area contributed by atoms with E-state index in [9.17, 15) is 9.59 Å². The van der Waals surface area contributed by atoms with Gasteiger partial charge in [0.15, 0.2) is 0 Å². The number of hydrogen-bond acceptors (Lipinski definition) is 3. The maximum atomic E-state index is 11.6. The van der Waals surface area contributed by atoms with E-state index in [0.29, 0.717) is 19.4 Å². The molecule has 0 unspecified atom stereocenters. The van der Waals surface area contributed by atoms with Crippen molar-refractivity contribution >= 4 is 23.2 Å². The van der Waals surface area contributed by atoms with Crippen LogP contribution in [0, 0.1) is 5.41 Å². The van der Waals surface area contributed by atoms with Gasteiger partial charge in [0.1, 0.15) is 5.41 Å². The molecule has 0 spiro atoms. The van der Waals surface area contributed by atoms with Gasteiger partial charge in [-0.05, 0) is 41.7 Å². The van der Waals surface area contributed by atoms with E-state index < -0.39 is 11.4 Å². The molecule has 1 saturated carbocycles. The normalized spacial score (nSPS) is 16.8. The first kappa shape index (κ1) is 11.1. The van der Waals surface area contributed by atoms with Gasteiger partial charge in [0.2, 0.25) is 5.91 Å². The van der Waals surface area contributed by atoms with Gasteiger partial charge < -0.3 is 10.4 Å². The van der Waals surface area contributed by atoms with Gasteiger partial charge in [-0.25, -0.2) is 0 Å². The molecule has 1 aliphatic rings. The van der Waals surface area contributed by atoms with Crippen molar-refractivity contribution in [1.29, 1.82) is 0 Å². The molecule has 4 nitrogen and oxygen atoms in total. The minimum atomic E-state index is -1.12. The molecule has 1 aromatic rings. The van der Waals surface area contributed by atoms with E-state index in [4.69, 9.17) is 5.11 Å². The highest BCUT2D eigenvalue weighted by atomic mass is 32.1. The molecule has 2 rings (SSSR count). The summed E-state index contributed by atoms with van der Waals surface area (Å²) in [7, 11) is 0. The number of carbonyl (C=O) groups is 2. The first-order chi connectivity index (χ1) is 7.65. The molecule has 0 aliphatic heterocycles. The zero-order chi connectivity index (χ0) is 11.6. The van der Waals surface area contributed by atoms with Crippen LogP contribution in [0.4, 0.5) is 0 Å². The second kappa shape index (κ2) is 4.25. The maximum absolute atomic E-state index is 11.6. The van der Waals surface area contributed by atoms with Crippen molar-refractivity contribution in [2.75, 3.05) is 6.54 Å². The van der Waals surface area contributed by atoms with Crippen LogP contribution in [-0.4, -0.2) is 23.5 Å². The van der Waals surface area contributed by atoms with Crippen LogP contribution < -0.4 is 5.32 Å². The average molecular weight is 239 g/mol. The number of carbonyl (C=O) groups excluding carboxylic acids is 1. The molecule has 0 saturated heterocycles. The standard InChI is InChI=1S/C11H13NO3S/c13-9(11(3-4-11)10(14)15)12-5-1-8-2-6-16-7-8/h2,6-7H,1,3-5H2,(H,12,13)(H,14,15). The molecule has 0 bridgehead atoms. The highest BCUT2D eigenvalue weighted by Gasteiger charge is 2.56. The largest absolute Gasteiger partial charge is 0.480 e. The molecular weight excluding hydrogens is 226 g/mol. The molecule has 1 amide bonds. The van der Waals surface area contributed by atoms with Crippen LogP contribution in [0.5, 0.6) is 0 Å². The summed E-state index contributed by atoms with van der Waals surface area (Å²) in [6.07, 6.45) is 1.68. The van der Waals surface area contributed by atoms with Gasteiger partial charge in [0.25, 0.3) is 0 Å². The summed E-state index contributed by atoms with van der Waals surface area (Å²) in [5, 5.41) is 15.6. The molecule has 0 aromatic carbocycles. The summed E-state index contributed by atoms with van der Waals surface area (Å²) < 4.78 is 0. The molecule has 0 radical (unpaired) electrons. The van der Waals surface area contributed by atoms with Crippen LogP contribution in [0.25, 0.3) is 0 Å². The van der Waals surface area contributed by atoms with Crippen molar-refractivity contribution in [3.63, 3.8) is 0 Å². The van der Waals surface area contributed by atoms with Crippen LogP contribution in [-0.2, 0) is 16.0 Å². The van der Waals surface area contributed by atoms with Crippen LogP contribution in [0.3, 0.4) is 0 Å².